The molecule has 2 aliphatic heterocycles. The summed E-state index contributed by atoms with van der Waals surface area (Å²) in [5.41, 5.74) is 10.2. The first-order chi connectivity index (χ1) is 21.3. The van der Waals surface area contributed by atoms with Crippen molar-refractivity contribution in [2.45, 2.75) is 96.4 Å². The molecule has 2 aromatic heterocycles. The SMILES string of the molecule is C#CC1=C(F)CCc2cccc(-c3nc(CC(C)C4CCCC4C)c4c(N)nc(CCC56CCCN5CCC6)nc4c3F)c21. The lowest BCUT2D eigenvalue weighted by Crippen LogP contribution is -2.38. The maximum Gasteiger partial charge on any atom is 0.175 e. The average Bonchev–Trinajstić information content (AvgIpc) is 3.73. The average molecular weight is 596 g/mol. The molecule has 0 bridgehead atoms. The van der Waals surface area contributed by atoms with Crippen LogP contribution in [0.5, 0.6) is 0 Å². The Balaban J connectivity index is 1.36. The highest BCUT2D eigenvalue weighted by Gasteiger charge is 2.43. The number of nitrogens with two attached hydrogens (primary N) is 1. The van der Waals surface area contributed by atoms with E-state index in [9.17, 15) is 0 Å². The Morgan fingerprint density at radius 2 is 1.89 bits per heavy atom. The molecule has 3 atom stereocenters. The molecule has 230 valence electrons. The Hall–Kier alpha value is -3.37. The zero-order valence-corrected chi connectivity index (χ0v) is 26.1. The van der Waals surface area contributed by atoms with Gasteiger partial charge in [-0.05, 0) is 87.8 Å². The lowest BCUT2D eigenvalue weighted by molar-refractivity contribution is 0.182. The minimum atomic E-state index is -0.543. The van der Waals surface area contributed by atoms with Crippen LogP contribution >= 0.6 is 0 Å². The van der Waals surface area contributed by atoms with E-state index in [1.165, 1.54) is 44.9 Å². The summed E-state index contributed by atoms with van der Waals surface area (Å²) >= 11 is 0. The first-order valence-corrected chi connectivity index (χ1v) is 16.7. The van der Waals surface area contributed by atoms with Crippen LogP contribution in [0.25, 0.3) is 27.7 Å². The van der Waals surface area contributed by atoms with Crippen molar-refractivity contribution in [3.8, 4) is 23.6 Å². The Morgan fingerprint density at radius 3 is 2.61 bits per heavy atom. The minimum absolute atomic E-state index is 0.166. The summed E-state index contributed by atoms with van der Waals surface area (Å²) < 4.78 is 31.9. The van der Waals surface area contributed by atoms with Gasteiger partial charge in [-0.2, -0.15) is 0 Å². The maximum absolute atomic E-state index is 16.9. The molecular weight excluding hydrogens is 552 g/mol. The minimum Gasteiger partial charge on any atom is -0.383 e. The molecule has 7 rings (SSSR count). The topological polar surface area (TPSA) is 67.9 Å². The zero-order chi connectivity index (χ0) is 30.6. The van der Waals surface area contributed by atoms with Gasteiger partial charge in [-0.1, -0.05) is 50.8 Å². The van der Waals surface area contributed by atoms with Gasteiger partial charge in [-0.15, -0.1) is 6.42 Å². The number of terminal acetylenes is 1. The molecule has 4 heterocycles. The van der Waals surface area contributed by atoms with Crippen LogP contribution < -0.4 is 5.73 Å². The van der Waals surface area contributed by atoms with E-state index in [-0.39, 0.29) is 34.6 Å². The summed E-state index contributed by atoms with van der Waals surface area (Å²) in [5, 5.41) is 0.512. The van der Waals surface area contributed by atoms with Gasteiger partial charge in [-0.3, -0.25) is 4.90 Å². The highest BCUT2D eigenvalue weighted by atomic mass is 19.1. The Morgan fingerprint density at radius 1 is 1.09 bits per heavy atom. The summed E-state index contributed by atoms with van der Waals surface area (Å²) in [6, 6.07) is 5.63. The van der Waals surface area contributed by atoms with E-state index in [1.54, 1.807) is 6.07 Å². The zero-order valence-electron chi connectivity index (χ0n) is 26.1. The number of nitrogens with zero attached hydrogens (tertiary/aromatic N) is 4. The summed E-state index contributed by atoms with van der Waals surface area (Å²) in [6.07, 6.45) is 17.3. The first kappa shape index (κ1) is 29.3. The second-order valence-electron chi connectivity index (χ2n) is 13.9. The van der Waals surface area contributed by atoms with Crippen molar-refractivity contribution in [3.63, 3.8) is 0 Å². The van der Waals surface area contributed by atoms with E-state index in [0.29, 0.717) is 70.9 Å². The van der Waals surface area contributed by atoms with E-state index < -0.39 is 5.82 Å². The van der Waals surface area contributed by atoms with E-state index in [0.717, 1.165) is 25.1 Å². The molecule has 5 nitrogen and oxygen atoms in total. The third-order valence-corrected chi connectivity index (χ3v) is 11.4. The highest BCUT2D eigenvalue weighted by Crippen LogP contribution is 2.44. The number of halogens is 2. The molecule has 3 unspecified atom stereocenters. The van der Waals surface area contributed by atoms with Crippen LogP contribution in [0.3, 0.4) is 0 Å². The summed E-state index contributed by atoms with van der Waals surface area (Å²) in [6.45, 7) is 6.90. The molecule has 3 aromatic rings. The smallest absolute Gasteiger partial charge is 0.175 e. The van der Waals surface area contributed by atoms with Crippen LogP contribution in [0.2, 0.25) is 0 Å². The quantitative estimate of drug-likeness (QED) is 0.282. The van der Waals surface area contributed by atoms with E-state index >= 15 is 8.78 Å². The molecule has 2 saturated heterocycles. The normalized spacial score (nSPS) is 23.6. The predicted octanol–water partition coefficient (Wildman–Crippen LogP) is 7.85. The molecule has 0 radical (unpaired) electrons. The number of hydrogen-bond acceptors (Lipinski definition) is 5. The molecule has 0 amide bonds. The fraction of sp³-hybridized carbons (Fsp3) is 0.541. The molecule has 7 heteroatoms. The number of benzene rings is 1. The molecule has 1 aromatic carbocycles. The van der Waals surface area contributed by atoms with Gasteiger partial charge in [0.15, 0.2) is 5.82 Å². The highest BCUT2D eigenvalue weighted by molar-refractivity contribution is 5.96. The van der Waals surface area contributed by atoms with Gasteiger partial charge in [0.25, 0.3) is 0 Å². The Kier molecular flexibility index (Phi) is 7.69. The van der Waals surface area contributed by atoms with Crippen molar-refractivity contribution in [1.82, 2.24) is 19.9 Å². The number of aromatic nitrogens is 3. The number of anilines is 1. The molecule has 2 aliphatic carbocycles. The Labute approximate surface area is 259 Å². The van der Waals surface area contributed by atoms with Gasteiger partial charge in [0, 0.05) is 29.5 Å². The number of nitrogen functional groups attached to an aromatic ring is 1. The standard InChI is InChI=1S/C37H43F2N5/c1-4-25-28(38)14-13-24-10-6-12-27(31(24)25)34-33(39)35-32(29(41-34)21-23(3)26-11-5-9-22(26)2)36(40)43-30(42-35)15-18-37-16-7-19-44(37)20-8-17-37/h1,6,10,12,22-23,26H,5,7-9,11,13-21H2,2-3H3,(H2,40,42,43). The third-order valence-electron chi connectivity index (χ3n) is 11.4. The van der Waals surface area contributed by atoms with Gasteiger partial charge >= 0.3 is 0 Å². The van der Waals surface area contributed by atoms with E-state index in [1.807, 2.05) is 12.1 Å². The molecular formula is C37H43F2N5. The molecule has 44 heavy (non-hydrogen) atoms. The van der Waals surface area contributed by atoms with Gasteiger partial charge in [-0.25, -0.2) is 23.7 Å². The van der Waals surface area contributed by atoms with Crippen molar-refractivity contribution in [2.24, 2.45) is 17.8 Å². The lowest BCUT2D eigenvalue weighted by atomic mass is 9.82. The summed E-state index contributed by atoms with van der Waals surface area (Å²) in [4.78, 5) is 17.3. The van der Waals surface area contributed by atoms with Crippen LogP contribution in [-0.2, 0) is 19.3 Å². The Bertz CT molecular complexity index is 1680. The van der Waals surface area contributed by atoms with Crippen LogP contribution in [0, 0.1) is 35.9 Å². The second-order valence-corrected chi connectivity index (χ2v) is 13.9. The molecule has 4 aliphatic rings. The van der Waals surface area contributed by atoms with E-state index in [4.69, 9.17) is 27.1 Å². The number of pyridine rings is 1. The van der Waals surface area contributed by atoms with Gasteiger partial charge in [0.05, 0.1) is 16.7 Å². The molecule has 3 fully saturated rings. The number of fused-ring (bicyclic) bond motifs is 3. The monoisotopic (exact) mass is 595 g/mol. The number of hydrogen-bond donors (Lipinski definition) is 1. The first-order valence-electron chi connectivity index (χ1n) is 16.7. The van der Waals surface area contributed by atoms with Crippen LogP contribution in [0.1, 0.15) is 94.3 Å². The second kappa shape index (κ2) is 11.5. The van der Waals surface area contributed by atoms with E-state index in [2.05, 4.69) is 24.7 Å². The van der Waals surface area contributed by atoms with Crippen molar-refractivity contribution >= 4 is 22.3 Å². The fourth-order valence-electron chi connectivity index (χ4n) is 9.17. The van der Waals surface area contributed by atoms with Crippen LogP contribution in [0.4, 0.5) is 14.6 Å². The molecule has 1 saturated carbocycles. The fourth-order valence-corrected chi connectivity index (χ4v) is 9.17. The van der Waals surface area contributed by atoms with Crippen LogP contribution in [-0.4, -0.2) is 38.5 Å². The van der Waals surface area contributed by atoms with Crippen molar-refractivity contribution in [1.29, 1.82) is 0 Å². The molecule has 2 N–H and O–H groups in total. The molecule has 0 spiro atoms. The van der Waals surface area contributed by atoms with Gasteiger partial charge in [0.1, 0.15) is 28.7 Å². The summed E-state index contributed by atoms with van der Waals surface area (Å²) in [5.74, 6) is 4.07. The van der Waals surface area contributed by atoms with Crippen molar-refractivity contribution < 1.29 is 8.78 Å². The largest absolute Gasteiger partial charge is 0.383 e. The number of rotatable bonds is 7. The predicted molar refractivity (Wildman–Crippen MR) is 173 cm³/mol. The van der Waals surface area contributed by atoms with Gasteiger partial charge < -0.3 is 5.73 Å². The summed E-state index contributed by atoms with van der Waals surface area (Å²) in [7, 11) is 0. The van der Waals surface area contributed by atoms with Gasteiger partial charge in [0.2, 0.25) is 0 Å². The number of aryl methyl sites for hydroxylation is 2. The lowest BCUT2D eigenvalue weighted by Gasteiger charge is -2.32. The maximum atomic E-state index is 16.9. The van der Waals surface area contributed by atoms with Crippen molar-refractivity contribution in [3.05, 3.63) is 52.5 Å². The third kappa shape index (κ3) is 4.90. The number of allylic oxidation sites excluding steroid dienone is 2. The van der Waals surface area contributed by atoms with Crippen LogP contribution in [0.15, 0.2) is 24.0 Å². The van der Waals surface area contributed by atoms with Crippen molar-refractivity contribution in [2.75, 3.05) is 18.8 Å².